The summed E-state index contributed by atoms with van der Waals surface area (Å²) in [5, 5.41) is 0. The van der Waals surface area contributed by atoms with E-state index >= 15 is 0 Å². The zero-order chi connectivity index (χ0) is 9.68. The van der Waals surface area contributed by atoms with Crippen molar-refractivity contribution in [3.8, 4) is 0 Å². The highest BCUT2D eigenvalue weighted by Gasteiger charge is 2.28. The van der Waals surface area contributed by atoms with Crippen LogP contribution in [0.25, 0.3) is 0 Å². The highest BCUT2D eigenvalue weighted by atomic mass is 16.2. The number of hydrogen-bond donors (Lipinski definition) is 0. The second kappa shape index (κ2) is 4.77. The molecule has 0 radical (unpaired) electrons. The van der Waals surface area contributed by atoms with Gasteiger partial charge < -0.3 is 4.90 Å². The Balaban J connectivity index is 2.41. The predicted octanol–water partition coefficient (Wildman–Crippen LogP) is 0.723. The lowest BCUT2D eigenvalue weighted by Gasteiger charge is -2.14. The quantitative estimate of drug-likeness (QED) is 0.475. The Hall–Kier alpha value is -1.15. The van der Waals surface area contributed by atoms with Crippen LogP contribution >= 0.6 is 0 Å². The molecule has 0 aromatic carbocycles. The van der Waals surface area contributed by atoms with Crippen molar-refractivity contribution in [1.82, 2.24) is 4.90 Å². The van der Waals surface area contributed by atoms with Crippen LogP contribution in [-0.4, -0.2) is 36.0 Å². The number of carbonyl (C=O) groups is 1. The van der Waals surface area contributed by atoms with Gasteiger partial charge in [0.25, 0.3) is 0 Å². The predicted molar refractivity (Wildman–Crippen MR) is 48.0 cm³/mol. The van der Waals surface area contributed by atoms with Crippen molar-refractivity contribution in [3.05, 3.63) is 0 Å². The summed E-state index contributed by atoms with van der Waals surface area (Å²) in [5.41, 5.74) is 0. The summed E-state index contributed by atoms with van der Waals surface area (Å²) >= 11 is 0. The molecule has 0 aromatic rings. The normalized spacial score (nSPS) is 21.8. The maximum atomic E-state index is 11.3. The molecule has 0 bridgehead atoms. The molecular formula is C9H14N2O2. The molecule has 0 aliphatic carbocycles. The van der Waals surface area contributed by atoms with Gasteiger partial charge >= 0.3 is 0 Å². The smallest absolute Gasteiger partial charge is 0.235 e. The minimum absolute atomic E-state index is 0.109. The van der Waals surface area contributed by atoms with Gasteiger partial charge in [-0.2, -0.15) is 0 Å². The van der Waals surface area contributed by atoms with Crippen LogP contribution in [0.1, 0.15) is 26.2 Å². The van der Waals surface area contributed by atoms with Crippen molar-refractivity contribution in [2.45, 2.75) is 32.2 Å². The Kier molecular flexibility index (Phi) is 3.65. The molecule has 1 fully saturated rings. The zero-order valence-electron chi connectivity index (χ0n) is 7.82. The number of carbonyl (C=O) groups excluding carboxylic acids is 2. The van der Waals surface area contributed by atoms with Gasteiger partial charge in [0.1, 0.15) is 0 Å². The van der Waals surface area contributed by atoms with Crippen LogP contribution in [0.15, 0.2) is 4.99 Å². The van der Waals surface area contributed by atoms with E-state index in [2.05, 4.69) is 11.9 Å². The Morgan fingerprint density at radius 3 is 3.08 bits per heavy atom. The van der Waals surface area contributed by atoms with E-state index in [4.69, 9.17) is 0 Å². The van der Waals surface area contributed by atoms with Crippen LogP contribution in [-0.2, 0) is 9.59 Å². The van der Waals surface area contributed by atoms with Gasteiger partial charge in [-0.25, -0.2) is 9.79 Å². The van der Waals surface area contributed by atoms with Gasteiger partial charge in [0.15, 0.2) is 0 Å². The molecule has 1 heterocycles. The molecule has 72 valence electrons. The third-order valence-corrected chi connectivity index (χ3v) is 2.21. The Labute approximate surface area is 77.6 Å². The standard InChI is InChI=1S/C9H14N2O2/c1-2-3-4-11-6-8(10-7-12)5-9(11)13/h8H,2-6H2,1H3. The van der Waals surface area contributed by atoms with Gasteiger partial charge in [-0.15, -0.1) is 0 Å². The highest BCUT2D eigenvalue weighted by molar-refractivity contribution is 5.79. The molecule has 0 saturated carbocycles. The minimum atomic E-state index is -0.151. The average Bonchev–Trinajstić information content (AvgIpc) is 2.44. The van der Waals surface area contributed by atoms with Gasteiger partial charge in [-0.1, -0.05) is 13.3 Å². The molecule has 4 heteroatoms. The van der Waals surface area contributed by atoms with Gasteiger partial charge in [0.05, 0.1) is 12.5 Å². The molecule has 0 aromatic heterocycles. The fourth-order valence-corrected chi connectivity index (χ4v) is 1.48. The number of likely N-dealkylation sites (tertiary alicyclic amines) is 1. The van der Waals surface area contributed by atoms with Gasteiger partial charge in [-0.3, -0.25) is 4.79 Å². The number of unbranched alkanes of at least 4 members (excludes halogenated alkanes) is 1. The Bertz CT molecular complexity index is 234. The van der Waals surface area contributed by atoms with Crippen molar-refractivity contribution in [2.75, 3.05) is 13.1 Å². The summed E-state index contributed by atoms with van der Waals surface area (Å²) in [6, 6.07) is -0.151. The van der Waals surface area contributed by atoms with E-state index in [9.17, 15) is 9.59 Å². The fourth-order valence-electron chi connectivity index (χ4n) is 1.48. The maximum absolute atomic E-state index is 11.3. The zero-order valence-corrected chi connectivity index (χ0v) is 7.82. The average molecular weight is 182 g/mol. The molecule has 1 saturated heterocycles. The lowest BCUT2D eigenvalue weighted by atomic mass is 10.3. The van der Waals surface area contributed by atoms with Gasteiger partial charge in [-0.05, 0) is 6.42 Å². The molecule has 0 spiro atoms. The van der Waals surface area contributed by atoms with Crippen LogP contribution in [0.4, 0.5) is 0 Å². The summed E-state index contributed by atoms with van der Waals surface area (Å²) in [5.74, 6) is 0.109. The van der Waals surface area contributed by atoms with Gasteiger partial charge in [0, 0.05) is 13.1 Å². The first-order valence-electron chi connectivity index (χ1n) is 4.62. The molecule has 4 nitrogen and oxygen atoms in total. The molecule has 13 heavy (non-hydrogen) atoms. The van der Waals surface area contributed by atoms with E-state index in [1.54, 1.807) is 4.90 Å². The number of isocyanates is 1. The van der Waals surface area contributed by atoms with E-state index in [-0.39, 0.29) is 11.9 Å². The summed E-state index contributed by atoms with van der Waals surface area (Å²) in [7, 11) is 0. The van der Waals surface area contributed by atoms with Crippen molar-refractivity contribution in [1.29, 1.82) is 0 Å². The van der Waals surface area contributed by atoms with Crippen LogP contribution in [0.5, 0.6) is 0 Å². The molecule has 1 aliphatic heterocycles. The molecule has 0 N–H and O–H groups in total. The molecule has 1 unspecified atom stereocenters. The third-order valence-electron chi connectivity index (χ3n) is 2.21. The highest BCUT2D eigenvalue weighted by Crippen LogP contribution is 2.14. The number of nitrogens with zero attached hydrogens (tertiary/aromatic N) is 2. The van der Waals surface area contributed by atoms with Gasteiger partial charge in [0.2, 0.25) is 12.0 Å². The van der Waals surface area contributed by atoms with Crippen LogP contribution in [0, 0.1) is 0 Å². The van der Waals surface area contributed by atoms with Crippen LogP contribution < -0.4 is 0 Å². The molecular weight excluding hydrogens is 168 g/mol. The number of aliphatic imine (C=N–C) groups is 1. The monoisotopic (exact) mass is 182 g/mol. The molecule has 1 rings (SSSR count). The second-order valence-corrected chi connectivity index (χ2v) is 3.27. The van der Waals surface area contributed by atoms with E-state index < -0.39 is 0 Å². The Morgan fingerprint density at radius 1 is 1.69 bits per heavy atom. The number of rotatable bonds is 4. The molecule has 1 amide bonds. The van der Waals surface area contributed by atoms with Crippen molar-refractivity contribution in [3.63, 3.8) is 0 Å². The molecule has 1 atom stereocenters. The largest absolute Gasteiger partial charge is 0.340 e. The third kappa shape index (κ3) is 2.67. The van der Waals surface area contributed by atoms with Crippen molar-refractivity contribution >= 4 is 12.0 Å². The van der Waals surface area contributed by atoms with Crippen LogP contribution in [0.2, 0.25) is 0 Å². The lowest BCUT2D eigenvalue weighted by Crippen LogP contribution is -2.26. The SMILES string of the molecule is CCCCN1CC(N=C=O)CC1=O. The number of hydrogen-bond acceptors (Lipinski definition) is 3. The first-order chi connectivity index (χ1) is 6.27. The molecule has 1 aliphatic rings. The minimum Gasteiger partial charge on any atom is -0.340 e. The summed E-state index contributed by atoms with van der Waals surface area (Å²) in [6.45, 7) is 3.47. The maximum Gasteiger partial charge on any atom is 0.235 e. The van der Waals surface area contributed by atoms with E-state index in [0.717, 1.165) is 19.4 Å². The van der Waals surface area contributed by atoms with Crippen molar-refractivity contribution in [2.24, 2.45) is 4.99 Å². The van der Waals surface area contributed by atoms with Crippen LogP contribution in [0.3, 0.4) is 0 Å². The fraction of sp³-hybridized carbons (Fsp3) is 0.778. The van der Waals surface area contributed by atoms with E-state index in [1.165, 1.54) is 6.08 Å². The number of amides is 1. The lowest BCUT2D eigenvalue weighted by molar-refractivity contribution is -0.127. The summed E-state index contributed by atoms with van der Waals surface area (Å²) < 4.78 is 0. The topological polar surface area (TPSA) is 49.7 Å². The first kappa shape index (κ1) is 9.93. The van der Waals surface area contributed by atoms with Crippen molar-refractivity contribution < 1.29 is 9.59 Å². The van der Waals surface area contributed by atoms with E-state index in [1.807, 2.05) is 0 Å². The summed E-state index contributed by atoms with van der Waals surface area (Å²) in [4.78, 5) is 26.6. The van der Waals surface area contributed by atoms with E-state index in [0.29, 0.717) is 13.0 Å². The second-order valence-electron chi connectivity index (χ2n) is 3.27. The Morgan fingerprint density at radius 2 is 2.46 bits per heavy atom. The first-order valence-corrected chi connectivity index (χ1v) is 4.62. The summed E-state index contributed by atoms with van der Waals surface area (Å²) in [6.07, 6.45) is 3.97.